The molecule has 4 N–H and O–H groups in total. The Morgan fingerprint density at radius 3 is 2.37 bits per heavy atom. The Balaban J connectivity index is 2.00. The predicted octanol–water partition coefficient (Wildman–Crippen LogP) is 5.87. The van der Waals surface area contributed by atoms with Crippen LogP contribution in [-0.2, 0) is 0 Å². The number of carbonyl (C=O) groups is 1. The van der Waals surface area contributed by atoms with Crippen LogP contribution in [0.2, 0.25) is 0 Å². The van der Waals surface area contributed by atoms with Crippen LogP contribution in [0.5, 0.6) is 11.5 Å². The number of amides is 2. The van der Waals surface area contributed by atoms with E-state index in [1.54, 1.807) is 14.2 Å². The number of nitrogens with two attached hydrogens (primary N) is 1. The molecule has 4 rings (SSSR count). The summed E-state index contributed by atoms with van der Waals surface area (Å²) in [7, 11) is 3.23. The number of nitrogens with zero attached hydrogens (tertiary/aromatic N) is 2. The molecule has 0 saturated heterocycles. The van der Waals surface area contributed by atoms with Gasteiger partial charge in [0.1, 0.15) is 11.5 Å². The van der Waals surface area contributed by atoms with Gasteiger partial charge in [-0.1, -0.05) is 18.2 Å². The number of para-hydroxylation sites is 1. The molecule has 0 fully saturated rings. The molecule has 1 heterocycles. The normalized spacial score (nSPS) is 10.8. The van der Waals surface area contributed by atoms with Crippen LogP contribution in [0.3, 0.4) is 0 Å². The monoisotopic (exact) mass is 553 g/mol. The highest BCUT2D eigenvalue weighted by Crippen LogP contribution is 2.41. The van der Waals surface area contributed by atoms with Crippen molar-refractivity contribution >= 4 is 51.5 Å². The molecule has 4 aromatic rings. The van der Waals surface area contributed by atoms with E-state index in [0.717, 1.165) is 39.0 Å². The van der Waals surface area contributed by atoms with Gasteiger partial charge in [0.2, 0.25) is 0 Å². The third-order valence-corrected chi connectivity index (χ3v) is 6.46. The molecule has 0 atom stereocenters. The van der Waals surface area contributed by atoms with Crippen LogP contribution in [-0.4, -0.2) is 50.1 Å². The average Bonchev–Trinajstić information content (AvgIpc) is 2.96. The molecule has 0 aliphatic rings. The first-order valence-corrected chi connectivity index (χ1v) is 13.0. The summed E-state index contributed by atoms with van der Waals surface area (Å²) in [5.74, 6) is 7.48. The maximum atomic E-state index is 12.0. The molecule has 8 nitrogen and oxygen atoms in total. The number of pyridine rings is 1. The number of urea groups is 1. The summed E-state index contributed by atoms with van der Waals surface area (Å²) in [6, 6.07) is 20.7. The molecule has 0 saturated carbocycles. The van der Waals surface area contributed by atoms with Gasteiger partial charge in [-0.25, -0.2) is 15.6 Å². The van der Waals surface area contributed by atoms with Gasteiger partial charge in [-0.05, 0) is 48.0 Å². The average molecular weight is 554 g/mol. The minimum Gasteiger partial charge on any atom is -0.497 e. The lowest BCUT2D eigenvalue weighted by Crippen LogP contribution is -2.34. The van der Waals surface area contributed by atoms with Crippen molar-refractivity contribution in [2.45, 2.75) is 0 Å². The zero-order valence-corrected chi connectivity index (χ0v) is 22.6. The number of halogens is 2. The molecule has 3 aromatic carbocycles. The van der Waals surface area contributed by atoms with Crippen molar-refractivity contribution in [2.75, 3.05) is 49.3 Å². The number of methoxy groups -OCH3 is 2. The number of ether oxygens (including phenoxy) is 2. The minimum atomic E-state index is -0.523. The van der Waals surface area contributed by atoms with Crippen molar-refractivity contribution in [1.29, 1.82) is 0 Å². The summed E-state index contributed by atoms with van der Waals surface area (Å²) in [6.07, 6.45) is 0. The number of hydrogen-bond donors (Lipinski definition) is 3. The number of nitrogens with one attached hydrogen (secondary N) is 2. The van der Waals surface area contributed by atoms with Gasteiger partial charge in [0.15, 0.2) is 0 Å². The Morgan fingerprint density at radius 1 is 0.921 bits per heavy atom. The number of hydrazine groups is 1. The lowest BCUT2D eigenvalue weighted by molar-refractivity contribution is 0.252. The molecule has 0 aliphatic carbocycles. The Kier molecular flexibility index (Phi) is 9.12. The predicted molar refractivity (Wildman–Crippen MR) is 156 cm³/mol. The fourth-order valence-electron chi connectivity index (χ4n) is 4.38. The zero-order valence-electron chi connectivity index (χ0n) is 21.1. The van der Waals surface area contributed by atoms with E-state index in [1.165, 1.54) is 0 Å². The second-order valence-electron chi connectivity index (χ2n) is 8.33. The number of hydrogen-bond acceptors (Lipinski definition) is 6. The van der Waals surface area contributed by atoms with Gasteiger partial charge in [-0.2, -0.15) is 0 Å². The molecule has 2 amide bonds. The number of fused-ring (bicyclic) bond motifs is 1. The summed E-state index contributed by atoms with van der Waals surface area (Å²) in [6.45, 7) is 1.19. The molecule has 1 aromatic heterocycles. The Labute approximate surface area is 231 Å². The van der Waals surface area contributed by atoms with E-state index in [1.807, 2.05) is 66.7 Å². The largest absolute Gasteiger partial charge is 0.497 e. The molecule has 0 unspecified atom stereocenters. The number of rotatable bonds is 10. The summed E-state index contributed by atoms with van der Waals surface area (Å²) < 4.78 is 11.1. The van der Waals surface area contributed by atoms with Crippen LogP contribution < -0.4 is 31.0 Å². The highest BCUT2D eigenvalue weighted by Gasteiger charge is 2.19. The zero-order chi connectivity index (χ0) is 27.1. The van der Waals surface area contributed by atoms with E-state index in [4.69, 9.17) is 43.5 Å². The van der Waals surface area contributed by atoms with E-state index in [9.17, 15) is 4.79 Å². The van der Waals surface area contributed by atoms with Gasteiger partial charge in [-0.3, -0.25) is 5.43 Å². The first-order valence-electron chi connectivity index (χ1n) is 11.9. The molecular weight excluding hydrogens is 525 g/mol. The summed E-state index contributed by atoms with van der Waals surface area (Å²) >= 11 is 12.3. The molecule has 0 aliphatic heterocycles. The quantitative estimate of drug-likeness (QED) is 0.0982. The molecule has 38 heavy (non-hydrogen) atoms. The third kappa shape index (κ3) is 5.88. The van der Waals surface area contributed by atoms with Crippen LogP contribution in [0, 0.1) is 0 Å². The van der Waals surface area contributed by atoms with E-state index < -0.39 is 6.03 Å². The van der Waals surface area contributed by atoms with Crippen LogP contribution >= 0.6 is 23.2 Å². The summed E-state index contributed by atoms with van der Waals surface area (Å²) in [4.78, 5) is 19.1. The van der Waals surface area contributed by atoms with Crippen LogP contribution in [0.25, 0.3) is 33.3 Å². The standard InChI is InChI=1S/C28H29Cl2N5O3/c1-37-19-8-9-21(27(16-19)38-2)25-17-22(20-5-3-4-6-24(20)33-25)23-15-18(32-28(36)34-31)7-10-26(23)35(13-11-29)14-12-30/h3-10,15-17H,11-14,31H2,1-2H3,(H2,32,34,36). The van der Waals surface area contributed by atoms with E-state index in [2.05, 4.69) is 15.6 Å². The van der Waals surface area contributed by atoms with Gasteiger partial charge in [0.05, 0.1) is 25.4 Å². The summed E-state index contributed by atoms with van der Waals surface area (Å²) in [5.41, 5.74) is 7.75. The number of benzene rings is 3. The maximum Gasteiger partial charge on any atom is 0.333 e. The highest BCUT2D eigenvalue weighted by molar-refractivity contribution is 6.18. The second-order valence-corrected chi connectivity index (χ2v) is 9.09. The number of alkyl halides is 2. The molecule has 0 spiro atoms. The Morgan fingerprint density at radius 2 is 1.68 bits per heavy atom. The fraction of sp³-hybridized carbons (Fsp3) is 0.214. The smallest absolute Gasteiger partial charge is 0.333 e. The van der Waals surface area contributed by atoms with Crippen LogP contribution in [0.4, 0.5) is 16.2 Å². The second kappa shape index (κ2) is 12.7. The van der Waals surface area contributed by atoms with E-state index in [0.29, 0.717) is 42.0 Å². The molecule has 198 valence electrons. The maximum absolute atomic E-state index is 12.0. The van der Waals surface area contributed by atoms with Crippen molar-refractivity contribution < 1.29 is 14.3 Å². The van der Waals surface area contributed by atoms with Gasteiger partial charge >= 0.3 is 6.03 Å². The molecule has 10 heteroatoms. The third-order valence-electron chi connectivity index (χ3n) is 6.13. The van der Waals surface area contributed by atoms with Crippen LogP contribution in [0.1, 0.15) is 0 Å². The van der Waals surface area contributed by atoms with Crippen molar-refractivity contribution in [2.24, 2.45) is 5.84 Å². The van der Waals surface area contributed by atoms with Gasteiger partial charge in [0.25, 0.3) is 0 Å². The van der Waals surface area contributed by atoms with Crippen molar-refractivity contribution in [3.8, 4) is 33.9 Å². The van der Waals surface area contributed by atoms with Crippen molar-refractivity contribution in [3.63, 3.8) is 0 Å². The van der Waals surface area contributed by atoms with Gasteiger partial charge < -0.3 is 19.7 Å². The van der Waals surface area contributed by atoms with Gasteiger partial charge in [-0.15, -0.1) is 23.2 Å². The summed E-state index contributed by atoms with van der Waals surface area (Å²) in [5, 5.41) is 3.71. The first kappa shape index (κ1) is 27.3. The van der Waals surface area contributed by atoms with Crippen LogP contribution in [0.15, 0.2) is 66.7 Å². The minimum absolute atomic E-state index is 0.428. The lowest BCUT2D eigenvalue weighted by Gasteiger charge is -2.27. The highest BCUT2D eigenvalue weighted by atomic mass is 35.5. The lowest BCUT2D eigenvalue weighted by atomic mass is 9.95. The SMILES string of the molecule is COc1ccc(-c2cc(-c3cc(NC(=O)NN)ccc3N(CCCl)CCCl)c3ccccc3n2)c(OC)c1. The Bertz CT molecular complexity index is 1430. The first-order chi connectivity index (χ1) is 18.5. The Hall–Kier alpha value is -3.72. The van der Waals surface area contributed by atoms with E-state index >= 15 is 0 Å². The van der Waals surface area contributed by atoms with Crippen molar-refractivity contribution in [3.05, 3.63) is 66.7 Å². The van der Waals surface area contributed by atoms with Gasteiger partial charge in [0, 0.05) is 58.8 Å². The molecular formula is C28H29Cl2N5O3. The number of carbonyl (C=O) groups excluding carboxylic acids is 1. The number of anilines is 2. The topological polar surface area (TPSA) is 102 Å². The van der Waals surface area contributed by atoms with Crippen molar-refractivity contribution in [1.82, 2.24) is 10.4 Å². The molecule has 0 radical (unpaired) electrons. The molecule has 0 bridgehead atoms. The number of aromatic nitrogens is 1. The van der Waals surface area contributed by atoms with E-state index in [-0.39, 0.29) is 0 Å². The fourth-order valence-corrected chi connectivity index (χ4v) is 4.78.